The third kappa shape index (κ3) is 2.59. The third-order valence-corrected chi connectivity index (χ3v) is 5.03. The topological polar surface area (TPSA) is 83.8 Å². The van der Waals surface area contributed by atoms with Crippen molar-refractivity contribution in [3.63, 3.8) is 0 Å². The summed E-state index contributed by atoms with van der Waals surface area (Å²) >= 11 is 0. The fourth-order valence-electron chi connectivity index (χ4n) is 3.15. The van der Waals surface area contributed by atoms with E-state index < -0.39 is 11.6 Å². The van der Waals surface area contributed by atoms with Crippen molar-refractivity contribution in [2.75, 3.05) is 11.9 Å². The molecule has 10 heteroatoms. The zero-order valence-electron chi connectivity index (χ0n) is 14.0. The van der Waals surface area contributed by atoms with Gasteiger partial charge in [0, 0.05) is 60.2 Å². The number of fused-ring (bicyclic) bond motifs is 2. The summed E-state index contributed by atoms with van der Waals surface area (Å²) in [6.45, 7) is -0.212. The van der Waals surface area contributed by atoms with Crippen LogP contribution in [0.25, 0.3) is 27.9 Å². The highest BCUT2D eigenvalue weighted by atomic mass is 19.4. The van der Waals surface area contributed by atoms with Crippen LogP contribution >= 0.6 is 0 Å². The number of anilines is 1. The van der Waals surface area contributed by atoms with E-state index >= 15 is 0 Å². The van der Waals surface area contributed by atoms with Crippen LogP contribution in [0.2, 0.25) is 0 Å². The number of halogens is 3. The predicted molar refractivity (Wildman–Crippen MR) is 92.1 cm³/mol. The molecule has 0 radical (unpaired) electrons. The van der Waals surface area contributed by atoms with Crippen molar-refractivity contribution in [3.05, 3.63) is 37.2 Å². The van der Waals surface area contributed by atoms with Crippen molar-refractivity contribution in [2.24, 2.45) is 5.41 Å². The quantitative estimate of drug-likeness (QED) is 0.573. The summed E-state index contributed by atoms with van der Waals surface area (Å²) < 4.78 is 40.9. The number of imidazole rings is 1. The van der Waals surface area contributed by atoms with Gasteiger partial charge in [0.2, 0.25) is 11.7 Å². The van der Waals surface area contributed by atoms with Crippen LogP contribution < -0.4 is 5.32 Å². The molecule has 2 N–H and O–H groups in total. The van der Waals surface area contributed by atoms with Gasteiger partial charge in [-0.25, -0.2) is 15.0 Å². The smallest absolute Gasteiger partial charge is 0.353 e. The summed E-state index contributed by atoms with van der Waals surface area (Å²) in [4.78, 5) is 19.9. The second-order valence-corrected chi connectivity index (χ2v) is 6.77. The monoisotopic (exact) mass is 373 g/mol. The molecule has 0 aromatic carbocycles. The van der Waals surface area contributed by atoms with E-state index in [0.717, 1.165) is 16.5 Å². The van der Waals surface area contributed by atoms with Gasteiger partial charge in [-0.05, 0) is 12.8 Å². The van der Waals surface area contributed by atoms with E-state index in [2.05, 4.69) is 30.2 Å². The maximum atomic E-state index is 13.0. The Labute approximate surface area is 150 Å². The highest BCUT2D eigenvalue weighted by Gasteiger charge is 2.62. The Balaban J connectivity index is 1.43. The molecule has 1 aliphatic carbocycles. The number of alkyl halides is 3. The molecule has 4 heterocycles. The van der Waals surface area contributed by atoms with Crippen molar-refractivity contribution in [1.82, 2.24) is 29.3 Å². The molecule has 0 bridgehead atoms. The molecule has 7 nitrogen and oxygen atoms in total. The highest BCUT2D eigenvalue weighted by molar-refractivity contribution is 5.93. The Morgan fingerprint density at radius 1 is 1.19 bits per heavy atom. The highest BCUT2D eigenvalue weighted by Crippen LogP contribution is 2.57. The van der Waals surface area contributed by atoms with Crippen LogP contribution in [-0.2, 0) is 0 Å². The average Bonchev–Trinajstić information content (AvgIpc) is 3.12. The maximum Gasteiger partial charge on any atom is 0.396 e. The zero-order valence-corrected chi connectivity index (χ0v) is 14.0. The minimum absolute atomic E-state index is 0.141. The van der Waals surface area contributed by atoms with Crippen molar-refractivity contribution in [3.8, 4) is 11.1 Å². The Kier molecular flexibility index (Phi) is 3.22. The number of H-pyrrole nitrogens is 1. The van der Waals surface area contributed by atoms with E-state index in [9.17, 15) is 13.2 Å². The van der Waals surface area contributed by atoms with Gasteiger partial charge in [0.25, 0.3) is 0 Å². The lowest BCUT2D eigenvalue weighted by atomic mass is 10.1. The first kappa shape index (κ1) is 16.0. The van der Waals surface area contributed by atoms with E-state index in [4.69, 9.17) is 0 Å². The van der Waals surface area contributed by atoms with Crippen LogP contribution in [0.1, 0.15) is 12.8 Å². The maximum absolute atomic E-state index is 13.0. The van der Waals surface area contributed by atoms with E-state index in [-0.39, 0.29) is 25.3 Å². The van der Waals surface area contributed by atoms with Gasteiger partial charge in [-0.15, -0.1) is 0 Å². The predicted octanol–water partition coefficient (Wildman–Crippen LogP) is 3.42. The van der Waals surface area contributed by atoms with E-state index in [0.29, 0.717) is 11.4 Å². The van der Waals surface area contributed by atoms with E-state index in [1.807, 2.05) is 6.20 Å². The molecule has 1 aliphatic rings. The van der Waals surface area contributed by atoms with Gasteiger partial charge in [-0.2, -0.15) is 18.2 Å². The molecule has 4 aromatic heterocycles. The first-order valence-corrected chi connectivity index (χ1v) is 8.39. The van der Waals surface area contributed by atoms with Gasteiger partial charge in [-0.3, -0.25) is 4.40 Å². The summed E-state index contributed by atoms with van der Waals surface area (Å²) in [6.07, 6.45) is 6.51. The lowest BCUT2D eigenvalue weighted by molar-refractivity contribution is -0.182. The van der Waals surface area contributed by atoms with Crippen molar-refractivity contribution < 1.29 is 13.2 Å². The Morgan fingerprint density at radius 2 is 2.04 bits per heavy atom. The van der Waals surface area contributed by atoms with Crippen LogP contribution in [0.3, 0.4) is 0 Å². The van der Waals surface area contributed by atoms with Gasteiger partial charge in [0.05, 0.1) is 5.41 Å². The minimum atomic E-state index is -4.21. The molecular formula is C17H14F3N7. The largest absolute Gasteiger partial charge is 0.396 e. The lowest BCUT2D eigenvalue weighted by Gasteiger charge is -2.19. The summed E-state index contributed by atoms with van der Waals surface area (Å²) in [5, 5.41) is 3.49. The number of aromatic amines is 1. The van der Waals surface area contributed by atoms with Crippen molar-refractivity contribution in [1.29, 1.82) is 0 Å². The zero-order chi connectivity index (χ0) is 18.6. The molecule has 0 unspecified atom stereocenters. The van der Waals surface area contributed by atoms with Crippen molar-refractivity contribution in [2.45, 2.75) is 19.0 Å². The van der Waals surface area contributed by atoms with Crippen molar-refractivity contribution >= 4 is 22.8 Å². The Morgan fingerprint density at radius 3 is 2.81 bits per heavy atom. The summed E-state index contributed by atoms with van der Waals surface area (Å²) in [5.41, 5.74) is 0.613. The molecule has 0 saturated heterocycles. The molecule has 0 spiro atoms. The number of nitrogens with zero attached hydrogens (tertiary/aromatic N) is 5. The standard InChI is InChI=1S/C17H14F3N7/c18-17(19,20)16(1-2-16)9-25-14-23-7-12-11(6-22-13(12)26-14)10-5-24-15-21-3-4-27(15)8-10/h3-8H,1-2,9H2,(H2,22,23,25,26). The molecule has 1 saturated carbocycles. The second-order valence-electron chi connectivity index (χ2n) is 6.77. The Bertz CT molecular complexity index is 1140. The fraction of sp³-hybridized carbons (Fsp3) is 0.294. The summed E-state index contributed by atoms with van der Waals surface area (Å²) in [5.74, 6) is 0.773. The molecule has 138 valence electrons. The molecule has 0 atom stereocenters. The van der Waals surface area contributed by atoms with Crippen LogP contribution in [0, 0.1) is 5.41 Å². The molecule has 4 aromatic rings. The lowest BCUT2D eigenvalue weighted by Crippen LogP contribution is -2.31. The molecule has 27 heavy (non-hydrogen) atoms. The molecule has 1 fully saturated rings. The minimum Gasteiger partial charge on any atom is -0.353 e. The van der Waals surface area contributed by atoms with E-state index in [1.54, 1.807) is 35.4 Å². The fourth-order valence-corrected chi connectivity index (χ4v) is 3.15. The number of rotatable bonds is 4. The van der Waals surface area contributed by atoms with E-state index in [1.165, 1.54) is 0 Å². The number of hydrogen-bond donors (Lipinski definition) is 2. The SMILES string of the molecule is FC(F)(F)C1(CNc2ncc3c(-c4cnc5nccn5c4)c[nH]c3n2)CC1. The average molecular weight is 373 g/mol. The van der Waals surface area contributed by atoms with Crippen LogP contribution in [0.4, 0.5) is 19.1 Å². The number of aromatic nitrogens is 6. The molecule has 0 amide bonds. The summed E-state index contributed by atoms with van der Waals surface area (Å²) in [7, 11) is 0. The molecule has 5 rings (SSSR count). The second kappa shape index (κ2) is 5.41. The summed E-state index contributed by atoms with van der Waals surface area (Å²) in [6, 6.07) is 0. The van der Waals surface area contributed by atoms with Gasteiger partial charge < -0.3 is 10.3 Å². The van der Waals surface area contributed by atoms with Gasteiger partial charge in [-0.1, -0.05) is 0 Å². The van der Waals surface area contributed by atoms with Crippen LogP contribution in [-0.4, -0.2) is 42.0 Å². The molecular weight excluding hydrogens is 359 g/mol. The normalized spacial score (nSPS) is 16.1. The first-order chi connectivity index (χ1) is 13.0. The van der Waals surface area contributed by atoms with Gasteiger partial charge >= 0.3 is 6.18 Å². The van der Waals surface area contributed by atoms with Gasteiger partial charge in [0.15, 0.2) is 0 Å². The Hall–Kier alpha value is -3.17. The van der Waals surface area contributed by atoms with Gasteiger partial charge in [0.1, 0.15) is 5.65 Å². The molecule has 0 aliphatic heterocycles. The first-order valence-electron chi connectivity index (χ1n) is 8.39. The number of nitrogens with one attached hydrogen (secondary N) is 2. The van der Waals surface area contributed by atoms with Crippen LogP contribution in [0.15, 0.2) is 37.2 Å². The van der Waals surface area contributed by atoms with Crippen LogP contribution in [0.5, 0.6) is 0 Å². The third-order valence-electron chi connectivity index (χ3n) is 5.03. The number of hydrogen-bond acceptors (Lipinski definition) is 5.